The van der Waals surface area contributed by atoms with Gasteiger partial charge in [-0.15, -0.1) is 0 Å². The van der Waals surface area contributed by atoms with Crippen LogP contribution in [0.1, 0.15) is 227 Å². The first-order chi connectivity index (χ1) is 38.5. The zero-order valence-corrected chi connectivity index (χ0v) is 54.9. The standard InChI is InChI=1S/C13H19N.C12H16O2.C12H14.C11H21N.C11H13N.C8H17N.C7H12N2/c1-13(2,3)14-9-8-11-6-4-5-7-12(11)10-14;1-12(2,3)11-13-8-9-6-4-5-7-10(9)14-11;1-9(2)11-7-6-10-4-3-5-12(10)8-11;1-11(2,3)12-8-9-4-6-10(12)7-5-9;1-8(2)9-4-3-5-11-10(9)6-7-12-11;1-8(2,3)7-5-4-6-9-7;1-7(2,3)6-4-5-8-9-6/h4-7H,8-10H2,1-3H3;4-7,11H,8H2,1-3H3;3,5-9H,4H2,1-2H3;9-10H,4-8H2,1-3H3;3-8,12H,1-2H3;7,9H,4-6H2,1-3H3;4-5H,1-3H3,(H,8,9). The number of rotatable bonds is 2. The molecule has 82 heavy (non-hydrogen) atoms. The molecule has 4 aromatic carbocycles. The van der Waals surface area contributed by atoms with E-state index in [9.17, 15) is 0 Å². The van der Waals surface area contributed by atoms with Crippen molar-refractivity contribution in [3.05, 3.63) is 160 Å². The van der Waals surface area contributed by atoms with Crippen molar-refractivity contribution in [2.75, 3.05) is 19.6 Å². The molecule has 3 N–H and O–H groups in total. The minimum Gasteiger partial charge on any atom is -0.464 e. The lowest BCUT2D eigenvalue weighted by atomic mass is 9.78. The van der Waals surface area contributed by atoms with E-state index < -0.39 is 0 Å². The summed E-state index contributed by atoms with van der Waals surface area (Å²) in [4.78, 5) is 8.49. The number of H-pyrrole nitrogens is 2. The van der Waals surface area contributed by atoms with Crippen molar-refractivity contribution < 1.29 is 9.47 Å². The van der Waals surface area contributed by atoms with Gasteiger partial charge in [-0.1, -0.05) is 175 Å². The number of para-hydroxylation sites is 1. The second kappa shape index (κ2) is 29.2. The minimum absolute atomic E-state index is 0.0214. The third kappa shape index (κ3) is 19.8. The van der Waals surface area contributed by atoms with Crippen LogP contribution >= 0.6 is 0 Å². The fourth-order valence-corrected chi connectivity index (χ4v) is 11.8. The summed E-state index contributed by atoms with van der Waals surface area (Å²) in [5.41, 5.74) is 13.8. The maximum absolute atomic E-state index is 5.77. The average molecular weight is 1120 g/mol. The number of allylic oxidation sites excluding steroid dienone is 1. The molecule has 2 unspecified atom stereocenters. The van der Waals surface area contributed by atoms with Crippen LogP contribution in [-0.4, -0.2) is 74.1 Å². The molecule has 2 aliphatic carbocycles. The monoisotopic (exact) mass is 1120 g/mol. The van der Waals surface area contributed by atoms with E-state index in [0.29, 0.717) is 34.9 Å². The van der Waals surface area contributed by atoms with E-state index in [1.54, 1.807) is 6.20 Å². The Bertz CT molecular complexity index is 2770. The number of hydrogen-bond acceptors (Lipinski definition) is 6. The van der Waals surface area contributed by atoms with E-state index in [2.05, 4.69) is 241 Å². The van der Waals surface area contributed by atoms with E-state index >= 15 is 0 Å². The lowest BCUT2D eigenvalue weighted by Gasteiger charge is -2.51. The number of piperidine rings is 2. The Morgan fingerprint density at radius 1 is 0.646 bits per heavy atom. The Labute approximate surface area is 499 Å². The van der Waals surface area contributed by atoms with Gasteiger partial charge in [-0.05, 0) is 180 Å². The molecule has 7 heterocycles. The number of benzene rings is 4. The number of nitrogens with zero attached hydrogens (tertiary/aromatic N) is 3. The van der Waals surface area contributed by atoms with Gasteiger partial charge in [-0.3, -0.25) is 14.9 Å². The molecule has 6 aromatic rings. The molecule has 5 aliphatic heterocycles. The molecule has 2 bridgehead atoms. The SMILES string of the molecule is CC(C)(C)C1CCCN1.CC(C)(C)C1OCc2ccccc2O1.CC(C)(C)N1CC2CCC1CC2.CC(C)(C)N1CCc2ccccc2C1.CC(C)(C)c1ccn[nH]1.CC(C)c1ccc2c(c1)C=CC2.CC(C)c1cccc2[nH]ccc12. The van der Waals surface area contributed by atoms with Crippen LogP contribution in [0, 0.1) is 16.7 Å². The average Bonchev–Trinajstić information content (AvgIpc) is 4.47. The third-order valence-electron chi connectivity index (χ3n) is 17.1. The van der Waals surface area contributed by atoms with Gasteiger partial charge >= 0.3 is 0 Å². The molecule has 0 radical (unpaired) electrons. The zero-order valence-electron chi connectivity index (χ0n) is 54.9. The van der Waals surface area contributed by atoms with Crippen molar-refractivity contribution in [1.29, 1.82) is 0 Å². The first kappa shape index (κ1) is 66.2. The van der Waals surface area contributed by atoms with Crippen LogP contribution in [-0.2, 0) is 36.1 Å². The Kier molecular flexibility index (Phi) is 23.6. The van der Waals surface area contributed by atoms with Crippen molar-refractivity contribution in [3.8, 4) is 5.75 Å². The van der Waals surface area contributed by atoms with Gasteiger partial charge in [0.25, 0.3) is 0 Å². The molecule has 0 spiro atoms. The topological polar surface area (TPSA) is 81.4 Å². The maximum atomic E-state index is 5.77. The minimum atomic E-state index is -0.141. The number of aromatic amines is 2. The molecular formula is C74H112N6O2. The van der Waals surface area contributed by atoms with Crippen molar-refractivity contribution in [3.63, 3.8) is 0 Å². The Hall–Kier alpha value is -4.99. The van der Waals surface area contributed by atoms with Crippen LogP contribution in [0.2, 0.25) is 0 Å². The van der Waals surface area contributed by atoms with E-state index in [4.69, 9.17) is 9.47 Å². The van der Waals surface area contributed by atoms with Gasteiger partial charge in [-0.25, -0.2) is 0 Å². The van der Waals surface area contributed by atoms with Crippen molar-refractivity contribution in [2.24, 2.45) is 16.7 Å². The molecule has 4 fully saturated rings. The van der Waals surface area contributed by atoms with Crippen molar-refractivity contribution in [1.82, 2.24) is 30.3 Å². The molecule has 13 rings (SSSR count). The summed E-state index contributed by atoms with van der Waals surface area (Å²) in [6, 6.07) is 35.9. The van der Waals surface area contributed by atoms with Crippen LogP contribution in [0.5, 0.6) is 5.75 Å². The van der Waals surface area contributed by atoms with E-state index in [1.165, 1.54) is 115 Å². The predicted molar refractivity (Wildman–Crippen MR) is 351 cm³/mol. The second-order valence-electron chi connectivity index (χ2n) is 29.7. The van der Waals surface area contributed by atoms with Gasteiger partial charge in [0.15, 0.2) is 0 Å². The number of nitrogens with one attached hydrogen (secondary N) is 3. The van der Waals surface area contributed by atoms with E-state index in [1.807, 2.05) is 36.5 Å². The smallest absolute Gasteiger partial charge is 0.205 e. The lowest BCUT2D eigenvalue weighted by Crippen LogP contribution is -2.56. The van der Waals surface area contributed by atoms with Crippen molar-refractivity contribution in [2.45, 2.75) is 243 Å². The zero-order chi connectivity index (χ0) is 60.0. The summed E-state index contributed by atoms with van der Waals surface area (Å²) in [6.07, 6.45) is 19.1. The summed E-state index contributed by atoms with van der Waals surface area (Å²) in [5.74, 6) is 3.22. The molecule has 2 atom stereocenters. The van der Waals surface area contributed by atoms with Crippen molar-refractivity contribution >= 4 is 17.0 Å². The molecule has 7 aliphatic rings. The number of ether oxygens (including phenoxy) is 2. The Morgan fingerprint density at radius 2 is 1.33 bits per heavy atom. The van der Waals surface area contributed by atoms with Crippen LogP contribution in [0.15, 0.2) is 116 Å². The van der Waals surface area contributed by atoms with E-state index in [0.717, 1.165) is 42.3 Å². The second-order valence-corrected chi connectivity index (χ2v) is 29.7. The quantitative estimate of drug-likeness (QED) is 0.160. The van der Waals surface area contributed by atoms with Crippen LogP contribution in [0.3, 0.4) is 0 Å². The normalized spacial score (nSPS) is 20.3. The number of fused-ring (bicyclic) bond motifs is 7. The summed E-state index contributed by atoms with van der Waals surface area (Å²) >= 11 is 0. The highest BCUT2D eigenvalue weighted by molar-refractivity contribution is 5.83. The Morgan fingerprint density at radius 3 is 1.85 bits per heavy atom. The summed E-state index contributed by atoms with van der Waals surface area (Å²) < 4.78 is 11.4. The Balaban J connectivity index is 0.000000155. The molecular weight excluding hydrogens is 1000 g/mol. The fraction of sp³-hybridized carbons (Fsp3) is 0.581. The summed E-state index contributed by atoms with van der Waals surface area (Å²) in [5, 5.41) is 11.6. The highest BCUT2D eigenvalue weighted by Crippen LogP contribution is 2.39. The lowest BCUT2D eigenvalue weighted by molar-refractivity contribution is -0.163. The number of aromatic nitrogens is 3. The molecule has 3 saturated heterocycles. The van der Waals surface area contributed by atoms with Gasteiger partial charge in [-0.2, -0.15) is 5.10 Å². The summed E-state index contributed by atoms with van der Waals surface area (Å²) in [7, 11) is 0. The highest BCUT2D eigenvalue weighted by Gasteiger charge is 2.39. The summed E-state index contributed by atoms with van der Waals surface area (Å²) in [6.45, 7) is 48.1. The first-order valence-corrected chi connectivity index (χ1v) is 31.5. The molecule has 0 amide bonds. The van der Waals surface area contributed by atoms with Crippen LogP contribution < -0.4 is 10.1 Å². The van der Waals surface area contributed by atoms with Gasteiger partial charge < -0.3 is 19.8 Å². The van der Waals surface area contributed by atoms with Gasteiger partial charge in [0.05, 0.1) is 6.61 Å². The fourth-order valence-electron chi connectivity index (χ4n) is 11.8. The molecule has 8 heteroatoms. The van der Waals surface area contributed by atoms with Gasteiger partial charge in [0.1, 0.15) is 5.75 Å². The molecule has 2 aromatic heterocycles. The van der Waals surface area contributed by atoms with Crippen LogP contribution in [0.25, 0.3) is 17.0 Å². The maximum Gasteiger partial charge on any atom is 0.205 e. The number of hydrogen-bond donors (Lipinski definition) is 3. The largest absolute Gasteiger partial charge is 0.464 e. The molecule has 1 saturated carbocycles. The predicted octanol–water partition coefficient (Wildman–Crippen LogP) is 18.6. The highest BCUT2D eigenvalue weighted by atomic mass is 16.7. The van der Waals surface area contributed by atoms with Gasteiger partial charge in [0.2, 0.25) is 6.29 Å². The van der Waals surface area contributed by atoms with Gasteiger partial charge in [0, 0.05) is 88.2 Å². The molecule has 450 valence electrons. The first-order valence-electron chi connectivity index (χ1n) is 31.5. The van der Waals surface area contributed by atoms with E-state index in [-0.39, 0.29) is 17.1 Å². The third-order valence-corrected chi connectivity index (χ3v) is 17.1. The van der Waals surface area contributed by atoms with Crippen LogP contribution in [0.4, 0.5) is 0 Å². The molecule has 8 nitrogen and oxygen atoms in total.